The maximum atomic E-state index is 12.9. The summed E-state index contributed by atoms with van der Waals surface area (Å²) in [6.07, 6.45) is 5.25. The number of benzene rings is 1. The largest absolute Gasteiger partial charge is 0.296 e. The highest BCUT2D eigenvalue weighted by molar-refractivity contribution is 6.06. The minimum Gasteiger partial charge on any atom is -0.296 e. The minimum absolute atomic E-state index is 0.154. The van der Waals surface area contributed by atoms with Crippen LogP contribution in [0.15, 0.2) is 67.1 Å². The first-order valence-electron chi connectivity index (χ1n) is 8.90. The Hall–Kier alpha value is -3.54. The van der Waals surface area contributed by atoms with Crippen molar-refractivity contribution in [3.63, 3.8) is 0 Å². The molecule has 0 fully saturated rings. The molecule has 1 aromatic carbocycles. The van der Waals surface area contributed by atoms with Crippen LogP contribution >= 0.6 is 0 Å². The zero-order chi connectivity index (χ0) is 19.7. The van der Waals surface area contributed by atoms with E-state index in [4.69, 9.17) is 0 Å². The van der Waals surface area contributed by atoms with Crippen molar-refractivity contribution >= 4 is 17.2 Å². The average molecular weight is 374 g/mol. The highest BCUT2D eigenvalue weighted by atomic mass is 19.1. The van der Waals surface area contributed by atoms with Crippen LogP contribution in [-0.4, -0.2) is 27.6 Å². The van der Waals surface area contributed by atoms with E-state index in [-0.39, 0.29) is 5.91 Å². The summed E-state index contributed by atoms with van der Waals surface area (Å²) in [4.78, 5) is 18.8. The van der Waals surface area contributed by atoms with Crippen LogP contribution in [0.1, 0.15) is 21.5 Å². The Balaban J connectivity index is 1.70. The first-order chi connectivity index (χ1) is 13.6. The van der Waals surface area contributed by atoms with E-state index in [9.17, 15) is 9.18 Å². The second-order valence-corrected chi connectivity index (χ2v) is 6.69. The Bertz CT molecular complexity index is 1130. The van der Waals surface area contributed by atoms with Gasteiger partial charge in [0.1, 0.15) is 12.5 Å². The standard InChI is InChI=1S/C22H19FN4O/c1-15-3-8-21(24-13-15)26(2)22(28)18-9-10-27-20(11-18)19(14-25-27)17-6-4-16(12-23)5-7-17/h3-11,13-14H,12H2,1-2H3. The van der Waals surface area contributed by atoms with Crippen molar-refractivity contribution < 1.29 is 9.18 Å². The van der Waals surface area contributed by atoms with Gasteiger partial charge in [0, 0.05) is 30.6 Å². The maximum absolute atomic E-state index is 12.9. The van der Waals surface area contributed by atoms with E-state index in [1.807, 2.05) is 37.3 Å². The van der Waals surface area contributed by atoms with Crippen molar-refractivity contribution in [1.82, 2.24) is 14.6 Å². The van der Waals surface area contributed by atoms with Gasteiger partial charge in [0.15, 0.2) is 0 Å². The molecule has 140 valence electrons. The monoisotopic (exact) mass is 374 g/mol. The summed E-state index contributed by atoms with van der Waals surface area (Å²) in [5, 5.41) is 4.36. The van der Waals surface area contributed by atoms with Crippen LogP contribution in [-0.2, 0) is 6.67 Å². The highest BCUT2D eigenvalue weighted by Crippen LogP contribution is 2.26. The van der Waals surface area contributed by atoms with Crippen LogP contribution in [0.4, 0.5) is 10.2 Å². The van der Waals surface area contributed by atoms with E-state index in [1.165, 1.54) is 4.90 Å². The summed E-state index contributed by atoms with van der Waals surface area (Å²) in [7, 11) is 1.71. The van der Waals surface area contributed by atoms with Gasteiger partial charge in [-0.15, -0.1) is 0 Å². The molecule has 0 radical (unpaired) electrons. The number of aryl methyl sites for hydroxylation is 1. The molecule has 5 nitrogen and oxygen atoms in total. The Morgan fingerprint density at radius 2 is 1.89 bits per heavy atom. The van der Waals surface area contributed by atoms with Crippen LogP contribution in [0, 0.1) is 6.92 Å². The second kappa shape index (κ2) is 7.23. The van der Waals surface area contributed by atoms with Gasteiger partial charge in [-0.1, -0.05) is 30.3 Å². The van der Waals surface area contributed by atoms with E-state index < -0.39 is 6.67 Å². The zero-order valence-electron chi connectivity index (χ0n) is 15.6. The van der Waals surface area contributed by atoms with E-state index in [2.05, 4.69) is 10.1 Å². The number of alkyl halides is 1. The molecule has 1 amide bonds. The van der Waals surface area contributed by atoms with Gasteiger partial charge in [0.2, 0.25) is 0 Å². The predicted molar refractivity (Wildman–Crippen MR) is 107 cm³/mol. The quantitative estimate of drug-likeness (QED) is 0.530. The second-order valence-electron chi connectivity index (χ2n) is 6.69. The fourth-order valence-corrected chi connectivity index (χ4v) is 3.07. The minimum atomic E-state index is -0.493. The van der Waals surface area contributed by atoms with Crippen molar-refractivity contribution in [1.29, 1.82) is 0 Å². The summed E-state index contributed by atoms with van der Waals surface area (Å²) in [5.74, 6) is 0.435. The van der Waals surface area contributed by atoms with Crippen LogP contribution in [0.25, 0.3) is 16.6 Å². The number of amides is 1. The number of hydrogen-bond donors (Lipinski definition) is 0. The Kier molecular flexibility index (Phi) is 4.61. The lowest BCUT2D eigenvalue weighted by Gasteiger charge is -2.16. The third-order valence-electron chi connectivity index (χ3n) is 4.73. The molecular formula is C22H19FN4O. The van der Waals surface area contributed by atoms with Crippen molar-refractivity contribution in [3.05, 3.63) is 83.8 Å². The van der Waals surface area contributed by atoms with Gasteiger partial charge in [-0.2, -0.15) is 5.10 Å². The molecule has 3 aromatic heterocycles. The molecule has 0 N–H and O–H groups in total. The molecule has 0 aliphatic carbocycles. The highest BCUT2D eigenvalue weighted by Gasteiger charge is 2.16. The van der Waals surface area contributed by atoms with E-state index in [1.54, 1.807) is 48.4 Å². The predicted octanol–water partition coefficient (Wildman–Crippen LogP) is 4.45. The normalized spacial score (nSPS) is 11.0. The molecule has 0 atom stereocenters. The van der Waals surface area contributed by atoms with Crippen molar-refractivity contribution in [2.24, 2.45) is 0 Å². The number of rotatable bonds is 4. The fraction of sp³-hybridized carbons (Fsp3) is 0.136. The molecule has 6 heteroatoms. The van der Waals surface area contributed by atoms with Crippen LogP contribution in [0.3, 0.4) is 0 Å². The average Bonchev–Trinajstić information content (AvgIpc) is 3.16. The summed E-state index contributed by atoms with van der Waals surface area (Å²) in [6, 6.07) is 14.5. The molecule has 0 aliphatic heterocycles. The molecule has 0 aliphatic rings. The van der Waals surface area contributed by atoms with Gasteiger partial charge in [0.25, 0.3) is 5.91 Å². The van der Waals surface area contributed by atoms with Gasteiger partial charge < -0.3 is 0 Å². The molecule has 0 bridgehead atoms. The number of halogens is 1. The maximum Gasteiger partial charge on any atom is 0.259 e. The lowest BCUT2D eigenvalue weighted by molar-refractivity contribution is 0.0992. The number of carbonyl (C=O) groups excluding carboxylic acids is 1. The smallest absolute Gasteiger partial charge is 0.259 e. The Morgan fingerprint density at radius 1 is 1.11 bits per heavy atom. The number of fused-ring (bicyclic) bond motifs is 1. The first kappa shape index (κ1) is 17.9. The van der Waals surface area contributed by atoms with Gasteiger partial charge >= 0.3 is 0 Å². The van der Waals surface area contributed by atoms with Gasteiger partial charge in [-0.3, -0.25) is 9.69 Å². The van der Waals surface area contributed by atoms with Crippen molar-refractivity contribution in [3.8, 4) is 11.1 Å². The molecule has 0 spiro atoms. The summed E-state index contributed by atoms with van der Waals surface area (Å²) >= 11 is 0. The SMILES string of the molecule is Cc1ccc(N(C)C(=O)c2ccn3ncc(-c4ccc(CF)cc4)c3c2)nc1. The molecule has 0 saturated carbocycles. The first-order valence-corrected chi connectivity index (χ1v) is 8.90. The number of hydrogen-bond acceptors (Lipinski definition) is 3. The summed E-state index contributed by atoms with van der Waals surface area (Å²) in [5.41, 5.74) is 4.82. The third-order valence-corrected chi connectivity index (χ3v) is 4.73. The molecule has 4 rings (SSSR count). The topological polar surface area (TPSA) is 50.5 Å². The molecular weight excluding hydrogens is 355 g/mol. The zero-order valence-corrected chi connectivity index (χ0v) is 15.6. The number of anilines is 1. The fourth-order valence-electron chi connectivity index (χ4n) is 3.07. The van der Waals surface area contributed by atoms with Gasteiger partial charge in [0.05, 0.1) is 11.7 Å². The molecule has 0 saturated heterocycles. The van der Waals surface area contributed by atoms with E-state index in [0.29, 0.717) is 16.9 Å². The molecule has 28 heavy (non-hydrogen) atoms. The Labute approximate surface area is 162 Å². The lowest BCUT2D eigenvalue weighted by atomic mass is 10.0. The number of aromatic nitrogens is 3. The van der Waals surface area contributed by atoms with Gasteiger partial charge in [-0.25, -0.2) is 13.9 Å². The lowest BCUT2D eigenvalue weighted by Crippen LogP contribution is -2.27. The third kappa shape index (κ3) is 3.24. The van der Waals surface area contributed by atoms with Crippen LogP contribution < -0.4 is 4.90 Å². The molecule has 3 heterocycles. The van der Waals surface area contributed by atoms with Crippen LogP contribution in [0.2, 0.25) is 0 Å². The number of nitrogens with zero attached hydrogens (tertiary/aromatic N) is 4. The summed E-state index contributed by atoms with van der Waals surface area (Å²) < 4.78 is 14.5. The van der Waals surface area contributed by atoms with Crippen LogP contribution in [0.5, 0.6) is 0 Å². The Morgan fingerprint density at radius 3 is 2.57 bits per heavy atom. The summed E-state index contributed by atoms with van der Waals surface area (Å²) in [6.45, 7) is 1.46. The van der Waals surface area contributed by atoms with Gasteiger partial charge in [-0.05, 0) is 41.8 Å². The number of pyridine rings is 2. The van der Waals surface area contributed by atoms with Crippen molar-refractivity contribution in [2.45, 2.75) is 13.6 Å². The molecule has 4 aromatic rings. The molecule has 0 unspecified atom stereocenters. The number of carbonyl (C=O) groups is 1. The van der Waals surface area contributed by atoms with Crippen molar-refractivity contribution in [2.75, 3.05) is 11.9 Å². The van der Waals surface area contributed by atoms with E-state index in [0.717, 1.165) is 22.2 Å². The van der Waals surface area contributed by atoms with E-state index >= 15 is 0 Å².